The van der Waals surface area contributed by atoms with Crippen molar-refractivity contribution in [1.29, 1.82) is 0 Å². The number of rotatable bonds is 5. The van der Waals surface area contributed by atoms with Crippen LogP contribution in [0, 0.1) is 17.3 Å². The van der Waals surface area contributed by atoms with Crippen molar-refractivity contribution in [2.24, 2.45) is 17.3 Å². The van der Waals surface area contributed by atoms with Crippen molar-refractivity contribution in [2.75, 3.05) is 19.0 Å². The lowest BCUT2D eigenvalue weighted by atomic mass is 9.73. The molecule has 1 saturated heterocycles. The van der Waals surface area contributed by atoms with Crippen LogP contribution in [0.4, 0.5) is 10.5 Å². The Morgan fingerprint density at radius 2 is 1.55 bits per heavy atom. The summed E-state index contributed by atoms with van der Waals surface area (Å²) in [4.78, 5) is 58.5. The lowest BCUT2D eigenvalue weighted by molar-refractivity contribution is -0.133. The van der Waals surface area contributed by atoms with E-state index in [-0.39, 0.29) is 34.7 Å². The van der Waals surface area contributed by atoms with Gasteiger partial charge in [-0.15, -0.1) is 11.3 Å². The summed E-state index contributed by atoms with van der Waals surface area (Å²) in [6, 6.07) is 1.51. The van der Waals surface area contributed by atoms with E-state index < -0.39 is 11.5 Å². The first kappa shape index (κ1) is 29.1. The molecule has 9 heteroatoms. The van der Waals surface area contributed by atoms with Crippen LogP contribution in [0.25, 0.3) is 0 Å². The van der Waals surface area contributed by atoms with Gasteiger partial charge < -0.3 is 14.9 Å². The highest BCUT2D eigenvalue weighted by molar-refractivity contribution is 7.14. The standard InChI is InChI=1S/C31H45N3O5S/c1-19-6-8-21(9-7-19)26(35)34(22-12-16-31(17-13-22)28(38)32(4)29(39)33(31)5)23-18-24(40-25(23)27(36)37)20-10-14-30(2,3)15-11-20/h18-22H,6-17H2,1-5H3,(H,36,37). The summed E-state index contributed by atoms with van der Waals surface area (Å²) >= 11 is 1.34. The predicted molar refractivity (Wildman–Crippen MR) is 156 cm³/mol. The Kier molecular flexibility index (Phi) is 7.83. The van der Waals surface area contributed by atoms with E-state index >= 15 is 0 Å². The quantitative estimate of drug-likeness (QED) is 0.407. The van der Waals surface area contributed by atoms with Gasteiger partial charge in [-0.25, -0.2) is 9.59 Å². The molecule has 2 heterocycles. The van der Waals surface area contributed by atoms with E-state index in [9.17, 15) is 24.3 Å². The maximum absolute atomic E-state index is 14.3. The van der Waals surface area contributed by atoms with Gasteiger partial charge in [-0.2, -0.15) is 0 Å². The second kappa shape index (κ2) is 10.8. The van der Waals surface area contributed by atoms with Gasteiger partial charge in [-0.1, -0.05) is 20.8 Å². The number of amides is 4. The van der Waals surface area contributed by atoms with Crippen molar-refractivity contribution in [1.82, 2.24) is 9.80 Å². The van der Waals surface area contributed by atoms with Crippen LogP contribution in [0.1, 0.15) is 118 Å². The summed E-state index contributed by atoms with van der Waals surface area (Å²) in [5.41, 5.74) is -0.0204. The molecule has 1 aliphatic heterocycles. The minimum absolute atomic E-state index is 0.0313. The zero-order chi connectivity index (χ0) is 29.0. The highest BCUT2D eigenvalue weighted by Crippen LogP contribution is 2.48. The Hall–Kier alpha value is -2.42. The van der Waals surface area contributed by atoms with Gasteiger partial charge in [0.25, 0.3) is 5.91 Å². The molecule has 0 aromatic carbocycles. The number of carboxylic acids is 1. The number of carboxylic acid groups (broad SMARTS) is 1. The molecule has 0 radical (unpaired) electrons. The van der Waals surface area contributed by atoms with Crippen LogP contribution in [0.2, 0.25) is 0 Å². The maximum atomic E-state index is 14.3. The number of hydrogen-bond acceptors (Lipinski definition) is 5. The van der Waals surface area contributed by atoms with Gasteiger partial charge in [-0.05, 0) is 100 Å². The van der Waals surface area contributed by atoms with Crippen molar-refractivity contribution >= 4 is 40.8 Å². The van der Waals surface area contributed by atoms with E-state index in [0.29, 0.717) is 48.6 Å². The van der Waals surface area contributed by atoms with Crippen LogP contribution in [0.5, 0.6) is 0 Å². The number of nitrogens with zero attached hydrogens (tertiary/aromatic N) is 3. The number of likely N-dealkylation sites (N-methyl/N-ethyl adjacent to an activating group) is 2. The molecule has 3 aliphatic carbocycles. The van der Waals surface area contributed by atoms with Crippen LogP contribution in [-0.2, 0) is 9.59 Å². The number of urea groups is 1. The van der Waals surface area contributed by atoms with E-state index in [0.717, 1.165) is 56.2 Å². The Balaban J connectivity index is 1.47. The molecule has 220 valence electrons. The topological polar surface area (TPSA) is 98.2 Å². The Morgan fingerprint density at radius 3 is 2.08 bits per heavy atom. The van der Waals surface area contributed by atoms with E-state index in [4.69, 9.17) is 0 Å². The summed E-state index contributed by atoms with van der Waals surface area (Å²) in [7, 11) is 3.22. The monoisotopic (exact) mass is 571 g/mol. The molecule has 4 aliphatic rings. The van der Waals surface area contributed by atoms with Gasteiger partial charge in [0, 0.05) is 30.9 Å². The molecular formula is C31H45N3O5S. The third kappa shape index (κ3) is 5.07. The van der Waals surface area contributed by atoms with Crippen LogP contribution >= 0.6 is 11.3 Å². The zero-order valence-electron chi connectivity index (χ0n) is 24.7. The molecule has 4 amide bonds. The number of imide groups is 1. The fourth-order valence-electron chi connectivity index (χ4n) is 7.65. The molecule has 3 saturated carbocycles. The SMILES string of the molecule is CC1CCC(C(=O)N(c2cc(C3CCC(C)(C)CC3)sc2C(=O)O)C2CCC3(CC2)C(=O)N(C)C(=O)N3C)CC1. The van der Waals surface area contributed by atoms with Crippen molar-refractivity contribution in [2.45, 2.75) is 115 Å². The molecule has 0 atom stereocenters. The number of carbonyl (C=O) groups excluding carboxylic acids is 3. The summed E-state index contributed by atoms with van der Waals surface area (Å²) in [5, 5.41) is 10.3. The molecule has 1 aromatic rings. The Bertz CT molecular complexity index is 1170. The number of aromatic carboxylic acids is 1. The number of carbonyl (C=O) groups is 4. The molecule has 0 unspecified atom stereocenters. The minimum atomic E-state index is -0.984. The Morgan fingerprint density at radius 1 is 0.950 bits per heavy atom. The van der Waals surface area contributed by atoms with Crippen molar-refractivity contribution in [3.63, 3.8) is 0 Å². The van der Waals surface area contributed by atoms with Gasteiger partial charge in [0.1, 0.15) is 10.4 Å². The summed E-state index contributed by atoms with van der Waals surface area (Å²) < 4.78 is 0. The highest BCUT2D eigenvalue weighted by atomic mass is 32.1. The van der Waals surface area contributed by atoms with Crippen molar-refractivity contribution in [3.05, 3.63) is 15.8 Å². The lowest BCUT2D eigenvalue weighted by Gasteiger charge is -2.43. The first-order chi connectivity index (χ1) is 18.8. The molecular weight excluding hydrogens is 526 g/mol. The summed E-state index contributed by atoms with van der Waals surface area (Å²) in [6.07, 6.45) is 9.96. The smallest absolute Gasteiger partial charge is 0.348 e. The fourth-order valence-corrected chi connectivity index (χ4v) is 8.81. The number of anilines is 1. The average Bonchev–Trinajstić information content (AvgIpc) is 3.42. The molecule has 1 spiro atoms. The third-order valence-corrected chi connectivity index (χ3v) is 11.9. The van der Waals surface area contributed by atoms with Gasteiger partial charge in [0.05, 0.1) is 5.69 Å². The lowest BCUT2D eigenvalue weighted by Crippen LogP contribution is -2.55. The van der Waals surface area contributed by atoms with E-state index in [1.165, 1.54) is 23.3 Å². The second-order valence-corrected chi connectivity index (χ2v) is 14.8. The molecule has 4 fully saturated rings. The maximum Gasteiger partial charge on any atom is 0.348 e. The average molecular weight is 572 g/mol. The first-order valence-corrected chi connectivity index (χ1v) is 15.9. The molecule has 1 aromatic heterocycles. The van der Waals surface area contributed by atoms with Crippen LogP contribution < -0.4 is 4.90 Å². The summed E-state index contributed by atoms with van der Waals surface area (Å²) in [6.45, 7) is 6.82. The van der Waals surface area contributed by atoms with E-state index in [1.807, 2.05) is 11.0 Å². The third-order valence-electron chi connectivity index (χ3n) is 10.6. The number of hydrogen-bond donors (Lipinski definition) is 1. The number of thiophene rings is 1. The normalized spacial score (nSPS) is 28.8. The van der Waals surface area contributed by atoms with E-state index in [1.54, 1.807) is 11.9 Å². The zero-order valence-corrected chi connectivity index (χ0v) is 25.5. The Labute approximate surface area is 242 Å². The van der Waals surface area contributed by atoms with Gasteiger partial charge in [-0.3, -0.25) is 14.5 Å². The minimum Gasteiger partial charge on any atom is -0.477 e. The molecule has 1 N–H and O–H groups in total. The van der Waals surface area contributed by atoms with Crippen LogP contribution in [0.3, 0.4) is 0 Å². The largest absolute Gasteiger partial charge is 0.477 e. The van der Waals surface area contributed by atoms with Crippen LogP contribution in [-0.4, -0.2) is 64.4 Å². The van der Waals surface area contributed by atoms with Gasteiger partial charge in [0.2, 0.25) is 5.91 Å². The molecule has 5 rings (SSSR count). The van der Waals surface area contributed by atoms with Crippen molar-refractivity contribution < 1.29 is 24.3 Å². The second-order valence-electron chi connectivity index (χ2n) is 13.7. The summed E-state index contributed by atoms with van der Waals surface area (Å²) in [5.74, 6) is -0.328. The van der Waals surface area contributed by atoms with Crippen LogP contribution in [0.15, 0.2) is 6.07 Å². The van der Waals surface area contributed by atoms with Gasteiger partial charge in [0.15, 0.2) is 0 Å². The highest BCUT2D eigenvalue weighted by Gasteiger charge is 2.56. The van der Waals surface area contributed by atoms with E-state index in [2.05, 4.69) is 20.8 Å². The van der Waals surface area contributed by atoms with Crippen molar-refractivity contribution in [3.8, 4) is 0 Å². The molecule has 8 nitrogen and oxygen atoms in total. The van der Waals surface area contributed by atoms with Gasteiger partial charge >= 0.3 is 12.0 Å². The molecule has 0 bridgehead atoms. The predicted octanol–water partition coefficient (Wildman–Crippen LogP) is 6.49. The fraction of sp³-hybridized carbons (Fsp3) is 0.742. The first-order valence-electron chi connectivity index (χ1n) is 15.1. The molecule has 40 heavy (non-hydrogen) atoms.